The average Bonchev–Trinajstić information content (AvgIpc) is 2.39. The largest absolute Gasteiger partial charge is 1.00 e. The molecule has 21 heavy (non-hydrogen) atoms. The second-order valence-electron chi connectivity index (χ2n) is 4.25. The molecule has 1 fully saturated rings. The van der Waals surface area contributed by atoms with Gasteiger partial charge in [-0.2, -0.15) is 0 Å². The quantitative estimate of drug-likeness (QED) is 0.392. The molecule has 8 heteroatoms. The molecule has 0 spiro atoms. The molecule has 1 aliphatic rings. The minimum atomic E-state index is -2.33. The molecule has 0 radical (unpaired) electrons. The van der Waals surface area contributed by atoms with E-state index in [1.165, 1.54) is 5.69 Å². The molecule has 2 rings (SSSR count). The first-order valence-corrected chi connectivity index (χ1v) is 5.89. The molecule has 1 aromatic carbocycles. The van der Waals surface area contributed by atoms with Gasteiger partial charge in [0.05, 0.1) is 0 Å². The fraction of sp³-hybridized carbons (Fsp3) is 0.385. The summed E-state index contributed by atoms with van der Waals surface area (Å²) in [6.45, 7) is 4.35. The molecule has 1 aromatic rings. The summed E-state index contributed by atoms with van der Waals surface area (Å²) < 4.78 is 0. The van der Waals surface area contributed by atoms with E-state index in [0.29, 0.717) is 0 Å². The Labute approximate surface area is 209 Å². The fourth-order valence-electron chi connectivity index (χ4n) is 1.83. The molecule has 1 heterocycles. The zero-order valence-corrected chi connectivity index (χ0v) is 19.0. The molecular formula is C13H16K2N2O4. The molecular weight excluding hydrogens is 326 g/mol. The second-order valence-corrected chi connectivity index (χ2v) is 4.25. The maximum absolute atomic E-state index is 10.5. The van der Waals surface area contributed by atoms with Crippen LogP contribution in [0.2, 0.25) is 0 Å². The van der Waals surface area contributed by atoms with Gasteiger partial charge in [-0.25, -0.2) is 0 Å². The number of likely N-dealkylation sites (N-methyl/N-ethyl adjacent to an activating group) is 1. The number of piperazine rings is 1. The van der Waals surface area contributed by atoms with Crippen LogP contribution in [0.25, 0.3) is 0 Å². The zero-order chi connectivity index (χ0) is 14.3. The van der Waals surface area contributed by atoms with Crippen LogP contribution in [0.3, 0.4) is 0 Å². The molecule has 0 unspecified atom stereocenters. The van der Waals surface area contributed by atoms with Crippen LogP contribution in [0.15, 0.2) is 24.3 Å². The molecule has 0 N–H and O–H groups in total. The molecule has 1 aliphatic heterocycles. The van der Waals surface area contributed by atoms with E-state index in [1.807, 2.05) is 24.3 Å². The van der Waals surface area contributed by atoms with Crippen LogP contribution in [0.4, 0.5) is 10.5 Å². The summed E-state index contributed by atoms with van der Waals surface area (Å²) in [5.74, 6) is 0. The third-order valence-electron chi connectivity index (χ3n) is 2.90. The van der Waals surface area contributed by atoms with E-state index < -0.39 is 6.16 Å². The van der Waals surface area contributed by atoms with Gasteiger partial charge in [0.15, 0.2) is 0 Å². The smallest absolute Gasteiger partial charge is 0.652 e. The Hall–Kier alpha value is 1.19. The van der Waals surface area contributed by atoms with E-state index in [-0.39, 0.29) is 103 Å². The molecule has 0 amide bonds. The minimum absolute atomic E-state index is 0. The monoisotopic (exact) mass is 342 g/mol. The van der Waals surface area contributed by atoms with Crippen LogP contribution in [0.5, 0.6) is 0 Å². The van der Waals surface area contributed by atoms with E-state index in [2.05, 4.69) is 16.8 Å². The van der Waals surface area contributed by atoms with Crippen molar-refractivity contribution in [2.75, 3.05) is 38.1 Å². The Morgan fingerprint density at radius 3 is 1.86 bits per heavy atom. The fourth-order valence-corrected chi connectivity index (χ4v) is 1.83. The van der Waals surface area contributed by atoms with Crippen molar-refractivity contribution in [2.24, 2.45) is 0 Å². The van der Waals surface area contributed by atoms with Crippen LogP contribution in [0, 0.1) is 0 Å². The number of benzene rings is 1. The number of anilines is 1. The van der Waals surface area contributed by atoms with Gasteiger partial charge >= 0.3 is 103 Å². The molecule has 6 nitrogen and oxygen atoms in total. The van der Waals surface area contributed by atoms with Crippen molar-refractivity contribution in [3.63, 3.8) is 0 Å². The van der Waals surface area contributed by atoms with Crippen molar-refractivity contribution in [2.45, 2.75) is 0 Å². The van der Waals surface area contributed by atoms with Gasteiger partial charge in [-0.3, -0.25) is 4.79 Å². The van der Waals surface area contributed by atoms with E-state index in [9.17, 15) is 4.79 Å². The predicted molar refractivity (Wildman–Crippen MR) is 66.9 cm³/mol. The maximum atomic E-state index is 10.5. The third kappa shape index (κ3) is 10.6. The first-order valence-electron chi connectivity index (χ1n) is 5.89. The van der Waals surface area contributed by atoms with Gasteiger partial charge in [-0.1, -0.05) is 0 Å². The van der Waals surface area contributed by atoms with Crippen LogP contribution < -0.4 is 118 Å². The van der Waals surface area contributed by atoms with Crippen LogP contribution >= 0.6 is 0 Å². The summed E-state index contributed by atoms with van der Waals surface area (Å²) in [5.41, 5.74) is 1.96. The second kappa shape index (κ2) is 13.6. The molecule has 0 atom stereocenters. The summed E-state index contributed by atoms with van der Waals surface area (Å²) in [5, 5.41) is 16.7. The normalized spacial score (nSPS) is 13.9. The van der Waals surface area contributed by atoms with Gasteiger partial charge < -0.3 is 24.8 Å². The Morgan fingerprint density at radius 2 is 1.48 bits per heavy atom. The van der Waals surface area contributed by atoms with Crippen LogP contribution in [0.1, 0.15) is 10.4 Å². The van der Waals surface area contributed by atoms with Crippen molar-refractivity contribution in [3.05, 3.63) is 29.8 Å². The number of carbonyl (C=O) groups excluding carboxylic acids is 2. The van der Waals surface area contributed by atoms with E-state index in [0.717, 1.165) is 38.0 Å². The minimum Gasteiger partial charge on any atom is -0.652 e. The zero-order valence-electron chi connectivity index (χ0n) is 12.7. The van der Waals surface area contributed by atoms with Gasteiger partial charge in [0.2, 0.25) is 0 Å². The summed E-state index contributed by atoms with van der Waals surface area (Å²) in [4.78, 5) is 23.5. The first-order chi connectivity index (χ1) is 9.02. The Kier molecular flexibility index (Phi) is 15.8. The third-order valence-corrected chi connectivity index (χ3v) is 2.90. The Balaban J connectivity index is 0. The SMILES string of the molecule is CN1CCN(c2ccc(C=O)cc2)CC1.O=C([O-])[O-].[K+].[K+]. The summed E-state index contributed by atoms with van der Waals surface area (Å²) in [7, 11) is 2.15. The molecule has 0 aliphatic carbocycles. The number of nitrogens with zero attached hydrogens (tertiary/aromatic N) is 2. The van der Waals surface area contributed by atoms with Crippen LogP contribution in [-0.2, 0) is 0 Å². The maximum Gasteiger partial charge on any atom is 1.00 e. The number of hydrogen-bond donors (Lipinski definition) is 0. The van der Waals surface area contributed by atoms with Gasteiger partial charge in [0, 0.05) is 37.4 Å². The average molecular weight is 342 g/mol. The predicted octanol–water partition coefficient (Wildman–Crippen LogP) is -7.19. The van der Waals surface area contributed by atoms with Crippen molar-refractivity contribution in [1.82, 2.24) is 4.90 Å². The summed E-state index contributed by atoms with van der Waals surface area (Å²) in [6, 6.07) is 7.80. The molecule has 0 saturated carbocycles. The Bertz CT molecular complexity index is 417. The van der Waals surface area contributed by atoms with Gasteiger partial charge in [-0.05, 0) is 37.5 Å². The molecule has 0 bridgehead atoms. The first kappa shape index (κ1) is 24.4. The van der Waals surface area contributed by atoms with Crippen molar-refractivity contribution < 1.29 is 123 Å². The van der Waals surface area contributed by atoms with E-state index >= 15 is 0 Å². The summed E-state index contributed by atoms with van der Waals surface area (Å²) >= 11 is 0. The number of aldehydes is 1. The van der Waals surface area contributed by atoms with Crippen molar-refractivity contribution in [3.8, 4) is 0 Å². The molecule has 104 valence electrons. The number of rotatable bonds is 2. The standard InChI is InChI=1S/C12H16N2O.CH2O3.2K/c1-13-6-8-14(9-7-13)12-4-2-11(10-15)3-5-12;2-1(3)4;;/h2-5,10H,6-9H2,1H3;(H2,2,3,4);;/q;;2*+1/p-2. The van der Waals surface area contributed by atoms with Gasteiger partial charge in [-0.15, -0.1) is 0 Å². The van der Waals surface area contributed by atoms with Gasteiger partial charge in [0.25, 0.3) is 0 Å². The van der Waals surface area contributed by atoms with Crippen molar-refractivity contribution in [1.29, 1.82) is 0 Å². The van der Waals surface area contributed by atoms with E-state index in [4.69, 9.17) is 15.0 Å². The van der Waals surface area contributed by atoms with Crippen molar-refractivity contribution >= 4 is 18.1 Å². The topological polar surface area (TPSA) is 86.7 Å². The number of carbonyl (C=O) groups is 2. The summed E-state index contributed by atoms with van der Waals surface area (Å²) in [6.07, 6.45) is -1.45. The van der Waals surface area contributed by atoms with E-state index in [1.54, 1.807) is 0 Å². The molecule has 1 saturated heterocycles. The molecule has 0 aromatic heterocycles. The number of carboxylic acid groups (broad SMARTS) is 2. The number of hydrogen-bond acceptors (Lipinski definition) is 6. The Morgan fingerprint density at radius 1 is 1.05 bits per heavy atom. The van der Waals surface area contributed by atoms with Crippen LogP contribution in [-0.4, -0.2) is 50.6 Å². The van der Waals surface area contributed by atoms with Gasteiger partial charge in [0.1, 0.15) is 6.29 Å².